The van der Waals surface area contributed by atoms with Crippen molar-refractivity contribution in [2.45, 2.75) is 26.0 Å². The van der Waals surface area contributed by atoms with E-state index in [0.29, 0.717) is 40.0 Å². The molecule has 7 N–H and O–H groups in total. The van der Waals surface area contributed by atoms with Gasteiger partial charge in [-0.15, -0.1) is 11.3 Å². The molecule has 9 nitrogen and oxygen atoms in total. The van der Waals surface area contributed by atoms with Crippen LogP contribution in [-0.2, 0) is 12.1 Å². The first-order valence-corrected chi connectivity index (χ1v) is 11.2. The van der Waals surface area contributed by atoms with Crippen LogP contribution in [0.25, 0.3) is 10.4 Å². The molecule has 0 aliphatic rings. The molecule has 0 unspecified atom stereocenters. The predicted molar refractivity (Wildman–Crippen MR) is 129 cm³/mol. The van der Waals surface area contributed by atoms with Crippen LogP contribution in [0.4, 0.5) is 20.0 Å². The molecule has 2 aromatic heterocycles. The lowest BCUT2D eigenvalue weighted by Gasteiger charge is -2.18. The van der Waals surface area contributed by atoms with Gasteiger partial charge in [0.1, 0.15) is 16.6 Å². The molecule has 1 aromatic carbocycles. The van der Waals surface area contributed by atoms with E-state index in [2.05, 4.69) is 20.9 Å². The van der Waals surface area contributed by atoms with Gasteiger partial charge in [-0.25, -0.2) is 14.2 Å². The predicted octanol–water partition coefficient (Wildman–Crippen LogP) is 3.38. The average Bonchev–Trinajstić information content (AvgIpc) is 3.16. The molecule has 180 valence electrons. The van der Waals surface area contributed by atoms with Crippen molar-refractivity contribution in [1.82, 2.24) is 15.6 Å². The summed E-state index contributed by atoms with van der Waals surface area (Å²) in [5.74, 6) is -0.717. The Labute approximate surface area is 199 Å². The molecule has 11 heteroatoms. The topological polar surface area (TPSA) is 150 Å². The quantitative estimate of drug-likeness (QED) is 0.240. The number of aromatic nitrogens is 1. The van der Waals surface area contributed by atoms with Crippen LogP contribution in [0.3, 0.4) is 0 Å². The second-order valence-electron chi connectivity index (χ2n) is 8.02. The number of primary amides is 1. The number of nitrogens with two attached hydrogens (primary N) is 1. The number of pyridine rings is 1. The number of halogens is 1. The zero-order chi connectivity index (χ0) is 24.9. The Morgan fingerprint density at radius 3 is 2.59 bits per heavy atom. The number of hydrogen-bond acceptors (Lipinski definition) is 7. The maximum absolute atomic E-state index is 14.8. The molecule has 0 fully saturated rings. The number of amides is 2. The van der Waals surface area contributed by atoms with Gasteiger partial charge in [-0.05, 0) is 43.7 Å². The van der Waals surface area contributed by atoms with Crippen LogP contribution in [0.5, 0.6) is 0 Å². The van der Waals surface area contributed by atoms with Gasteiger partial charge in [-0.2, -0.15) is 0 Å². The number of benzene rings is 1. The number of carbonyl (C=O) groups is 2. The molecule has 3 rings (SSSR count). The second kappa shape index (κ2) is 10.6. The van der Waals surface area contributed by atoms with E-state index in [1.807, 2.05) is 0 Å². The van der Waals surface area contributed by atoms with Crippen LogP contribution in [-0.4, -0.2) is 40.3 Å². The first kappa shape index (κ1) is 25.1. The zero-order valence-corrected chi connectivity index (χ0v) is 19.5. The van der Waals surface area contributed by atoms with Crippen molar-refractivity contribution in [2.75, 3.05) is 18.4 Å². The lowest BCUT2D eigenvalue weighted by Crippen LogP contribution is -2.30. The van der Waals surface area contributed by atoms with Gasteiger partial charge in [0.05, 0.1) is 16.9 Å². The molecule has 3 aromatic rings. The Morgan fingerprint density at radius 2 is 1.94 bits per heavy atom. The Kier molecular flexibility index (Phi) is 7.82. The highest BCUT2D eigenvalue weighted by molar-refractivity contribution is 7.19. The van der Waals surface area contributed by atoms with Gasteiger partial charge < -0.3 is 31.9 Å². The van der Waals surface area contributed by atoms with Crippen LogP contribution in [0.2, 0.25) is 0 Å². The first-order chi connectivity index (χ1) is 16.0. The van der Waals surface area contributed by atoms with E-state index < -0.39 is 23.4 Å². The van der Waals surface area contributed by atoms with Crippen molar-refractivity contribution in [1.29, 1.82) is 0 Å². The van der Waals surface area contributed by atoms with Crippen molar-refractivity contribution in [3.05, 3.63) is 65.1 Å². The third kappa shape index (κ3) is 6.50. The van der Waals surface area contributed by atoms with Crippen molar-refractivity contribution in [2.24, 2.45) is 5.73 Å². The third-order valence-corrected chi connectivity index (χ3v) is 5.95. The summed E-state index contributed by atoms with van der Waals surface area (Å²) in [7, 11) is 0. The Bertz CT molecular complexity index is 1190. The minimum atomic E-state index is -1.18. The summed E-state index contributed by atoms with van der Waals surface area (Å²) in [6.45, 7) is 4.25. The molecule has 0 saturated carbocycles. The largest absolute Gasteiger partial charge is 0.465 e. The molecular weight excluding hydrogens is 461 g/mol. The van der Waals surface area contributed by atoms with Crippen LogP contribution < -0.4 is 21.7 Å². The van der Waals surface area contributed by atoms with Gasteiger partial charge in [0.15, 0.2) is 0 Å². The summed E-state index contributed by atoms with van der Waals surface area (Å²) in [4.78, 5) is 27.5. The number of carbonyl (C=O) groups excluding carboxylic acids is 1. The SMILES string of the molecule is CC(C)(O)c1ccc(-c2cc(C(N)=O)c(Nc3cccc(CNCCNC(=O)O)n3)s2)c(F)c1. The molecule has 0 saturated heterocycles. The number of aliphatic hydroxyl groups is 1. The van der Waals surface area contributed by atoms with E-state index in [1.54, 1.807) is 44.2 Å². The number of nitrogens with zero attached hydrogens (tertiary/aromatic N) is 1. The molecule has 0 aliphatic carbocycles. The molecular formula is C23H26FN5O4S. The number of rotatable bonds is 10. The second-order valence-corrected chi connectivity index (χ2v) is 9.07. The number of nitrogens with one attached hydrogen (secondary N) is 3. The van der Waals surface area contributed by atoms with E-state index >= 15 is 0 Å². The van der Waals surface area contributed by atoms with Crippen LogP contribution in [0.1, 0.15) is 35.5 Å². The maximum Gasteiger partial charge on any atom is 0.404 e. The maximum atomic E-state index is 14.8. The van der Waals surface area contributed by atoms with Crippen molar-refractivity contribution in [3.8, 4) is 10.4 Å². The highest BCUT2D eigenvalue weighted by atomic mass is 32.1. The van der Waals surface area contributed by atoms with E-state index in [0.717, 1.165) is 11.3 Å². The normalized spacial score (nSPS) is 11.3. The lowest BCUT2D eigenvalue weighted by atomic mass is 9.96. The van der Waals surface area contributed by atoms with E-state index in [4.69, 9.17) is 10.8 Å². The molecule has 0 atom stereocenters. The standard InChI is InChI=1S/C23H26FN5O4S/c1-23(2,33)13-6-7-15(17(24)10-13)18-11-16(20(25)30)21(34-18)29-19-5-3-4-14(28-19)12-26-8-9-27-22(31)32/h3-7,10-11,26-27,33H,8-9,12H2,1-2H3,(H2,25,30)(H,28,29)(H,31,32). The molecule has 0 aliphatic heterocycles. The average molecular weight is 488 g/mol. The summed E-state index contributed by atoms with van der Waals surface area (Å²) < 4.78 is 14.8. The van der Waals surface area contributed by atoms with Crippen molar-refractivity contribution < 1.29 is 24.2 Å². The minimum Gasteiger partial charge on any atom is -0.465 e. The summed E-state index contributed by atoms with van der Waals surface area (Å²) >= 11 is 1.16. The highest BCUT2D eigenvalue weighted by Crippen LogP contribution is 2.38. The van der Waals surface area contributed by atoms with Crippen LogP contribution in [0, 0.1) is 5.82 Å². The number of carboxylic acid groups (broad SMARTS) is 1. The molecule has 2 heterocycles. The fourth-order valence-electron chi connectivity index (χ4n) is 3.13. The van der Waals surface area contributed by atoms with Gasteiger partial charge in [-0.1, -0.05) is 18.2 Å². The Hall–Kier alpha value is -3.54. The highest BCUT2D eigenvalue weighted by Gasteiger charge is 2.21. The van der Waals surface area contributed by atoms with E-state index in [9.17, 15) is 19.1 Å². The molecule has 0 spiro atoms. The summed E-state index contributed by atoms with van der Waals surface area (Å²) in [6.07, 6.45) is -1.08. The summed E-state index contributed by atoms with van der Waals surface area (Å²) in [6, 6.07) is 11.3. The van der Waals surface area contributed by atoms with Crippen molar-refractivity contribution in [3.63, 3.8) is 0 Å². The number of thiophene rings is 1. The number of hydrogen-bond donors (Lipinski definition) is 6. The van der Waals surface area contributed by atoms with Crippen LogP contribution in [0.15, 0.2) is 42.5 Å². The molecule has 2 amide bonds. The van der Waals surface area contributed by atoms with E-state index in [-0.39, 0.29) is 17.7 Å². The monoisotopic (exact) mass is 487 g/mol. The van der Waals surface area contributed by atoms with Gasteiger partial charge >= 0.3 is 6.09 Å². The fraction of sp³-hybridized carbons (Fsp3) is 0.261. The van der Waals surface area contributed by atoms with Gasteiger partial charge in [0, 0.05) is 30.1 Å². The minimum absolute atomic E-state index is 0.205. The smallest absolute Gasteiger partial charge is 0.404 e. The van der Waals surface area contributed by atoms with Gasteiger partial charge in [0.25, 0.3) is 5.91 Å². The Morgan fingerprint density at radius 1 is 1.18 bits per heavy atom. The summed E-state index contributed by atoms with van der Waals surface area (Å²) in [5, 5.41) is 27.5. The first-order valence-electron chi connectivity index (χ1n) is 10.4. The molecule has 0 bridgehead atoms. The van der Waals surface area contributed by atoms with Crippen molar-refractivity contribution >= 4 is 34.2 Å². The third-order valence-electron chi connectivity index (χ3n) is 4.87. The lowest BCUT2D eigenvalue weighted by molar-refractivity contribution is 0.0782. The fourth-order valence-corrected chi connectivity index (χ4v) is 4.23. The van der Waals surface area contributed by atoms with Gasteiger partial charge in [-0.3, -0.25) is 4.79 Å². The van der Waals surface area contributed by atoms with E-state index in [1.165, 1.54) is 12.1 Å². The van der Waals surface area contributed by atoms with Gasteiger partial charge in [0.2, 0.25) is 0 Å². The number of anilines is 2. The molecule has 34 heavy (non-hydrogen) atoms. The Balaban J connectivity index is 1.78. The molecule has 0 radical (unpaired) electrons. The zero-order valence-electron chi connectivity index (χ0n) is 18.7. The van der Waals surface area contributed by atoms with Crippen LogP contribution >= 0.6 is 11.3 Å². The summed E-state index contributed by atoms with van der Waals surface area (Å²) in [5.41, 5.74) is 5.99.